The molecule has 1 atom stereocenters. The van der Waals surface area contributed by atoms with E-state index in [-0.39, 0.29) is 6.42 Å². The summed E-state index contributed by atoms with van der Waals surface area (Å²) in [6.45, 7) is 1.68. The third-order valence-electron chi connectivity index (χ3n) is 2.12. The van der Waals surface area contributed by atoms with E-state index in [9.17, 15) is 18.0 Å². The summed E-state index contributed by atoms with van der Waals surface area (Å²) < 4.78 is 42.3. The largest absolute Gasteiger partial charge is 0.439 e. The summed E-state index contributed by atoms with van der Waals surface area (Å²) in [5.41, 5.74) is 0.434. The second kappa shape index (κ2) is 6.83. The summed E-state index contributed by atoms with van der Waals surface area (Å²) in [7, 11) is 0. The third kappa shape index (κ3) is 5.47. The summed E-state index contributed by atoms with van der Waals surface area (Å²) in [6.07, 6.45) is -6.70. The van der Waals surface area contributed by atoms with E-state index < -0.39 is 18.2 Å². The Hall–Kier alpha value is -1.96. The van der Waals surface area contributed by atoms with Crippen molar-refractivity contribution in [3.63, 3.8) is 0 Å². The quantitative estimate of drug-likeness (QED) is 0.622. The summed E-state index contributed by atoms with van der Waals surface area (Å²) in [5.74, 6) is 3.40. The van der Waals surface area contributed by atoms with Crippen molar-refractivity contribution in [1.82, 2.24) is 0 Å². The Balaban J connectivity index is 2.82. The minimum Gasteiger partial charge on any atom is -0.439 e. The first-order valence-electron chi connectivity index (χ1n) is 5.76. The van der Waals surface area contributed by atoms with Gasteiger partial charge in [0, 0.05) is 12.0 Å². The minimum absolute atomic E-state index is 0.0560. The Bertz CT molecular complexity index is 469. The summed E-state index contributed by atoms with van der Waals surface area (Å²) in [4.78, 5) is 11.1. The lowest BCUT2D eigenvalue weighted by Crippen LogP contribution is -2.32. The molecule has 0 aromatic heterocycles. The number of halogens is 3. The number of esters is 1. The van der Waals surface area contributed by atoms with Crippen LogP contribution in [0.1, 0.15) is 25.3 Å². The van der Waals surface area contributed by atoms with Gasteiger partial charge in [-0.1, -0.05) is 31.0 Å². The van der Waals surface area contributed by atoms with E-state index in [0.717, 1.165) is 0 Å². The number of rotatable bonds is 3. The van der Waals surface area contributed by atoms with Crippen LogP contribution < -0.4 is 0 Å². The number of hydrogen-bond acceptors (Lipinski definition) is 2. The van der Waals surface area contributed by atoms with Gasteiger partial charge >= 0.3 is 12.1 Å². The standard InChI is InChI=1S/C14H13F3O2/c1-2-6-13(18)19-12(14(15,16)17)10-9-11-7-4-3-5-8-11/h3-5,7-8,12H,2,6H2,1H3. The molecule has 0 amide bonds. The molecule has 0 fully saturated rings. The van der Waals surface area contributed by atoms with Gasteiger partial charge < -0.3 is 4.74 Å². The van der Waals surface area contributed by atoms with Crippen LogP contribution in [0, 0.1) is 11.8 Å². The highest BCUT2D eigenvalue weighted by atomic mass is 19.4. The molecule has 0 aliphatic rings. The fourth-order valence-electron chi connectivity index (χ4n) is 1.24. The van der Waals surface area contributed by atoms with E-state index in [1.807, 2.05) is 5.92 Å². The van der Waals surface area contributed by atoms with E-state index in [2.05, 4.69) is 10.7 Å². The first-order chi connectivity index (χ1) is 8.93. The van der Waals surface area contributed by atoms with E-state index in [0.29, 0.717) is 12.0 Å². The van der Waals surface area contributed by atoms with Crippen molar-refractivity contribution in [2.75, 3.05) is 0 Å². The molecule has 0 heterocycles. The fourth-order valence-corrected chi connectivity index (χ4v) is 1.24. The molecule has 0 saturated heterocycles. The number of benzene rings is 1. The van der Waals surface area contributed by atoms with Crippen molar-refractivity contribution in [2.45, 2.75) is 32.0 Å². The van der Waals surface area contributed by atoms with Crippen molar-refractivity contribution in [3.05, 3.63) is 35.9 Å². The van der Waals surface area contributed by atoms with Crippen molar-refractivity contribution in [3.8, 4) is 11.8 Å². The smallest absolute Gasteiger partial charge is 0.437 e. The third-order valence-corrected chi connectivity index (χ3v) is 2.12. The van der Waals surface area contributed by atoms with Gasteiger partial charge in [0.1, 0.15) is 0 Å². The average molecular weight is 270 g/mol. The van der Waals surface area contributed by atoms with Gasteiger partial charge in [0.15, 0.2) is 0 Å². The molecule has 5 heteroatoms. The molecule has 1 rings (SSSR count). The Morgan fingerprint density at radius 2 is 1.95 bits per heavy atom. The maximum absolute atomic E-state index is 12.6. The molecule has 2 nitrogen and oxygen atoms in total. The van der Waals surface area contributed by atoms with Gasteiger partial charge in [0.2, 0.25) is 0 Å². The first-order valence-corrected chi connectivity index (χ1v) is 5.76. The van der Waals surface area contributed by atoms with Crippen LogP contribution in [0.3, 0.4) is 0 Å². The fraction of sp³-hybridized carbons (Fsp3) is 0.357. The molecule has 0 aliphatic carbocycles. The number of alkyl halides is 3. The Morgan fingerprint density at radius 1 is 1.32 bits per heavy atom. The zero-order valence-electron chi connectivity index (χ0n) is 10.3. The van der Waals surface area contributed by atoms with Crippen molar-refractivity contribution in [1.29, 1.82) is 0 Å². The molecule has 102 valence electrons. The molecular formula is C14H13F3O2. The zero-order chi connectivity index (χ0) is 14.3. The highest BCUT2D eigenvalue weighted by molar-refractivity contribution is 5.69. The van der Waals surface area contributed by atoms with Crippen LogP contribution >= 0.6 is 0 Å². The van der Waals surface area contributed by atoms with Crippen LogP contribution in [0.25, 0.3) is 0 Å². The number of carbonyl (C=O) groups excluding carboxylic acids is 1. The molecule has 0 N–H and O–H groups in total. The summed E-state index contributed by atoms with van der Waals surface area (Å²) in [5, 5.41) is 0. The van der Waals surface area contributed by atoms with Crippen LogP contribution in [0.4, 0.5) is 13.2 Å². The predicted octanol–water partition coefficient (Wildman–Crippen LogP) is 3.31. The second-order valence-corrected chi connectivity index (χ2v) is 3.80. The molecule has 1 aromatic rings. The van der Waals surface area contributed by atoms with Crippen LogP contribution in [0.15, 0.2) is 30.3 Å². The predicted molar refractivity (Wildman–Crippen MR) is 64.2 cm³/mol. The van der Waals surface area contributed by atoms with E-state index in [4.69, 9.17) is 0 Å². The summed E-state index contributed by atoms with van der Waals surface area (Å²) >= 11 is 0. The highest BCUT2D eigenvalue weighted by Gasteiger charge is 2.41. The SMILES string of the molecule is CCCC(=O)OC(C#Cc1ccccc1)C(F)(F)F. The maximum Gasteiger partial charge on any atom is 0.437 e. The van der Waals surface area contributed by atoms with Gasteiger partial charge in [0.25, 0.3) is 6.10 Å². The Labute approximate surface area is 109 Å². The van der Waals surface area contributed by atoms with E-state index in [1.165, 1.54) is 0 Å². The maximum atomic E-state index is 12.6. The molecule has 19 heavy (non-hydrogen) atoms. The lowest BCUT2D eigenvalue weighted by molar-refractivity contribution is -0.205. The van der Waals surface area contributed by atoms with Crippen LogP contribution in [0.2, 0.25) is 0 Å². The average Bonchev–Trinajstić information content (AvgIpc) is 2.34. The molecule has 1 aromatic carbocycles. The lowest BCUT2D eigenvalue weighted by atomic mass is 10.2. The first kappa shape index (κ1) is 15.1. The van der Waals surface area contributed by atoms with Gasteiger partial charge in [-0.2, -0.15) is 13.2 Å². The molecule has 0 saturated carbocycles. The van der Waals surface area contributed by atoms with Gasteiger partial charge in [-0.15, -0.1) is 0 Å². The topological polar surface area (TPSA) is 26.3 Å². The van der Waals surface area contributed by atoms with Crippen LogP contribution in [-0.4, -0.2) is 18.2 Å². The number of hydrogen-bond donors (Lipinski definition) is 0. The van der Waals surface area contributed by atoms with Crippen molar-refractivity contribution in [2.24, 2.45) is 0 Å². The lowest BCUT2D eigenvalue weighted by Gasteiger charge is -2.15. The van der Waals surface area contributed by atoms with Crippen LogP contribution in [0.5, 0.6) is 0 Å². The monoisotopic (exact) mass is 270 g/mol. The van der Waals surface area contributed by atoms with E-state index >= 15 is 0 Å². The molecule has 0 radical (unpaired) electrons. The summed E-state index contributed by atoms with van der Waals surface area (Å²) in [6, 6.07) is 8.21. The van der Waals surface area contributed by atoms with Crippen molar-refractivity contribution >= 4 is 5.97 Å². The molecular weight excluding hydrogens is 257 g/mol. The zero-order valence-corrected chi connectivity index (χ0v) is 10.3. The molecule has 1 unspecified atom stereocenters. The van der Waals surface area contributed by atoms with Gasteiger partial charge in [-0.3, -0.25) is 4.79 Å². The molecule has 0 aliphatic heterocycles. The Kier molecular flexibility index (Phi) is 5.43. The van der Waals surface area contributed by atoms with Gasteiger partial charge in [0.05, 0.1) is 0 Å². The number of carbonyl (C=O) groups is 1. The van der Waals surface area contributed by atoms with Crippen LogP contribution in [-0.2, 0) is 9.53 Å². The van der Waals surface area contributed by atoms with Crippen molar-refractivity contribution < 1.29 is 22.7 Å². The van der Waals surface area contributed by atoms with E-state index in [1.54, 1.807) is 37.3 Å². The highest BCUT2D eigenvalue weighted by Crippen LogP contribution is 2.23. The minimum atomic E-state index is -4.69. The second-order valence-electron chi connectivity index (χ2n) is 3.80. The van der Waals surface area contributed by atoms with Gasteiger partial charge in [-0.05, 0) is 24.5 Å². The van der Waals surface area contributed by atoms with Gasteiger partial charge in [-0.25, -0.2) is 0 Å². The molecule has 0 bridgehead atoms. The normalized spacial score (nSPS) is 12.2. The molecule has 0 spiro atoms. The number of ether oxygens (including phenoxy) is 1. The Morgan fingerprint density at radius 3 is 2.47 bits per heavy atom.